The van der Waals surface area contributed by atoms with Gasteiger partial charge in [0.05, 0.1) is 0 Å². The van der Waals surface area contributed by atoms with Gasteiger partial charge in [0.25, 0.3) is 0 Å². The Balaban J connectivity index is 2.41. The zero-order valence-electron chi connectivity index (χ0n) is 7.10. The average Bonchev–Trinajstić information content (AvgIpc) is 2.15. The van der Waals surface area contributed by atoms with Crippen LogP contribution in [0.15, 0.2) is 12.2 Å². The molecule has 4 nitrogen and oxygen atoms in total. The van der Waals surface area contributed by atoms with Crippen LogP contribution >= 0.6 is 11.8 Å². The summed E-state index contributed by atoms with van der Waals surface area (Å²) in [7, 11) is 0. The van der Waals surface area contributed by atoms with Gasteiger partial charge >= 0.3 is 5.97 Å². The molecule has 5 heteroatoms. The van der Waals surface area contributed by atoms with Gasteiger partial charge in [-0.3, -0.25) is 4.79 Å². The number of hydrogen-bond acceptors (Lipinski definition) is 3. The number of carboxylic acids is 1. The van der Waals surface area contributed by atoms with E-state index in [0.29, 0.717) is 13.1 Å². The van der Waals surface area contributed by atoms with Gasteiger partial charge < -0.3 is 10.0 Å². The molecule has 1 rings (SSSR count). The minimum absolute atomic E-state index is 0.206. The number of carboxylic acid groups (broad SMARTS) is 1. The zero-order valence-corrected chi connectivity index (χ0v) is 7.92. The Labute approximate surface area is 80.6 Å². The molecule has 13 heavy (non-hydrogen) atoms. The van der Waals surface area contributed by atoms with Gasteiger partial charge in [0.1, 0.15) is 0 Å². The minimum Gasteiger partial charge on any atom is -0.478 e. The van der Waals surface area contributed by atoms with E-state index in [0.717, 1.165) is 23.7 Å². The molecule has 0 radical (unpaired) electrons. The van der Waals surface area contributed by atoms with Crippen molar-refractivity contribution >= 4 is 23.6 Å². The van der Waals surface area contributed by atoms with E-state index in [9.17, 15) is 9.59 Å². The Hall–Kier alpha value is -0.970. The molecule has 0 atom stereocenters. The van der Waals surface area contributed by atoms with E-state index in [1.807, 2.05) is 0 Å². The van der Waals surface area contributed by atoms with Gasteiger partial charge in [-0.05, 0) is 0 Å². The van der Waals surface area contributed by atoms with Gasteiger partial charge in [0.15, 0.2) is 0 Å². The average molecular weight is 201 g/mol. The summed E-state index contributed by atoms with van der Waals surface area (Å²) in [6, 6.07) is 0. The summed E-state index contributed by atoms with van der Waals surface area (Å²) < 4.78 is 0. The quantitative estimate of drug-likeness (QED) is 0.648. The maximum absolute atomic E-state index is 11.3. The van der Waals surface area contributed by atoms with Gasteiger partial charge in [-0.15, -0.1) is 0 Å². The monoisotopic (exact) mass is 201 g/mol. The third kappa shape index (κ3) is 3.50. The minimum atomic E-state index is -1.08. The predicted molar refractivity (Wildman–Crippen MR) is 50.7 cm³/mol. The molecular formula is C8H11NO3S. The number of thioether (sulfide) groups is 1. The highest BCUT2D eigenvalue weighted by Gasteiger charge is 2.13. The van der Waals surface area contributed by atoms with Crippen LogP contribution in [0.5, 0.6) is 0 Å². The molecule has 1 heterocycles. The third-order valence-electron chi connectivity index (χ3n) is 1.69. The van der Waals surface area contributed by atoms with E-state index >= 15 is 0 Å². The van der Waals surface area contributed by atoms with Crippen molar-refractivity contribution in [2.75, 3.05) is 24.6 Å². The van der Waals surface area contributed by atoms with Crippen molar-refractivity contribution in [3.05, 3.63) is 12.2 Å². The number of carbonyl (C=O) groups is 2. The maximum atomic E-state index is 11.3. The van der Waals surface area contributed by atoms with Crippen molar-refractivity contribution in [3.63, 3.8) is 0 Å². The summed E-state index contributed by atoms with van der Waals surface area (Å²) in [6.45, 7) is 1.43. The van der Waals surface area contributed by atoms with Crippen molar-refractivity contribution in [2.24, 2.45) is 0 Å². The van der Waals surface area contributed by atoms with Crippen LogP contribution in [0.3, 0.4) is 0 Å². The normalized spacial score (nSPS) is 17.7. The smallest absolute Gasteiger partial charge is 0.328 e. The Morgan fingerprint density at radius 1 is 1.23 bits per heavy atom. The molecule has 0 bridgehead atoms. The van der Waals surface area contributed by atoms with Gasteiger partial charge in [-0.25, -0.2) is 4.79 Å². The summed E-state index contributed by atoms with van der Waals surface area (Å²) in [5, 5.41) is 8.30. The first-order valence-corrected chi connectivity index (χ1v) is 5.13. The number of rotatable bonds is 2. The highest BCUT2D eigenvalue weighted by atomic mass is 32.2. The summed E-state index contributed by atoms with van der Waals surface area (Å²) in [5.74, 6) is 0.585. The highest BCUT2D eigenvalue weighted by molar-refractivity contribution is 7.99. The summed E-state index contributed by atoms with van der Waals surface area (Å²) in [5.41, 5.74) is 0. The lowest BCUT2D eigenvalue weighted by Gasteiger charge is -2.24. The van der Waals surface area contributed by atoms with Gasteiger partial charge in [-0.2, -0.15) is 11.8 Å². The van der Waals surface area contributed by atoms with Crippen molar-refractivity contribution in [3.8, 4) is 0 Å². The first-order chi connectivity index (χ1) is 6.20. The summed E-state index contributed by atoms with van der Waals surface area (Å²) >= 11 is 1.81. The topological polar surface area (TPSA) is 57.6 Å². The molecule has 0 aliphatic carbocycles. The summed E-state index contributed by atoms with van der Waals surface area (Å²) in [6.07, 6.45) is 1.99. The fourth-order valence-corrected chi connectivity index (χ4v) is 1.93. The number of hydrogen-bond donors (Lipinski definition) is 1. The lowest BCUT2D eigenvalue weighted by molar-refractivity contribution is -0.132. The predicted octanol–water partition coefficient (Wildman–Crippen LogP) is 0.203. The molecule has 1 aliphatic rings. The van der Waals surface area contributed by atoms with Crippen molar-refractivity contribution in [1.82, 2.24) is 4.90 Å². The maximum Gasteiger partial charge on any atom is 0.328 e. The molecule has 0 aromatic carbocycles. The van der Waals surface area contributed by atoms with Crippen LogP contribution in [-0.4, -0.2) is 46.5 Å². The Kier molecular flexibility index (Phi) is 3.82. The van der Waals surface area contributed by atoms with Crippen LogP contribution in [0.25, 0.3) is 0 Å². The fraction of sp³-hybridized carbons (Fsp3) is 0.500. The largest absolute Gasteiger partial charge is 0.478 e. The van der Waals surface area contributed by atoms with Crippen LogP contribution in [0.1, 0.15) is 0 Å². The van der Waals surface area contributed by atoms with Crippen molar-refractivity contribution in [2.45, 2.75) is 0 Å². The zero-order chi connectivity index (χ0) is 9.68. The second kappa shape index (κ2) is 4.91. The van der Waals surface area contributed by atoms with E-state index in [2.05, 4.69) is 0 Å². The molecule has 0 unspecified atom stereocenters. The van der Waals surface area contributed by atoms with E-state index in [4.69, 9.17) is 5.11 Å². The fourth-order valence-electron chi connectivity index (χ4n) is 1.03. The third-order valence-corrected chi connectivity index (χ3v) is 2.63. The molecule has 1 saturated heterocycles. The second-order valence-electron chi connectivity index (χ2n) is 2.61. The van der Waals surface area contributed by atoms with Crippen LogP contribution in [0.2, 0.25) is 0 Å². The Morgan fingerprint density at radius 2 is 1.85 bits per heavy atom. The van der Waals surface area contributed by atoms with Crippen LogP contribution < -0.4 is 0 Å². The lowest BCUT2D eigenvalue weighted by Crippen LogP contribution is -2.36. The first kappa shape index (κ1) is 10.1. The molecule has 0 saturated carbocycles. The standard InChI is InChI=1S/C8H11NO3S/c10-7(1-2-8(11)12)9-3-5-13-6-4-9/h1-2H,3-6H2,(H,11,12)/b2-1-. The molecule has 72 valence electrons. The van der Waals surface area contributed by atoms with E-state index in [1.54, 1.807) is 16.7 Å². The number of nitrogens with zero attached hydrogens (tertiary/aromatic N) is 1. The second-order valence-corrected chi connectivity index (χ2v) is 3.83. The number of amides is 1. The Morgan fingerprint density at radius 3 is 2.38 bits per heavy atom. The molecule has 0 spiro atoms. The highest BCUT2D eigenvalue weighted by Crippen LogP contribution is 2.09. The molecular weight excluding hydrogens is 190 g/mol. The van der Waals surface area contributed by atoms with Crippen LogP contribution in [-0.2, 0) is 9.59 Å². The molecule has 1 aliphatic heterocycles. The molecule has 1 N–H and O–H groups in total. The van der Waals surface area contributed by atoms with Gasteiger partial charge in [-0.1, -0.05) is 0 Å². The van der Waals surface area contributed by atoms with E-state index in [1.165, 1.54) is 0 Å². The number of carbonyl (C=O) groups excluding carboxylic acids is 1. The van der Waals surface area contributed by atoms with Gasteiger partial charge in [0, 0.05) is 36.7 Å². The Bertz CT molecular complexity index is 234. The molecule has 1 fully saturated rings. The SMILES string of the molecule is O=C(O)/C=C\C(=O)N1CCSCC1. The van der Waals surface area contributed by atoms with E-state index in [-0.39, 0.29) is 5.91 Å². The van der Waals surface area contributed by atoms with Crippen molar-refractivity contribution < 1.29 is 14.7 Å². The number of aliphatic carboxylic acids is 1. The molecule has 1 amide bonds. The van der Waals surface area contributed by atoms with Crippen molar-refractivity contribution in [1.29, 1.82) is 0 Å². The first-order valence-electron chi connectivity index (χ1n) is 3.98. The van der Waals surface area contributed by atoms with Crippen LogP contribution in [0, 0.1) is 0 Å². The summed E-state index contributed by atoms with van der Waals surface area (Å²) in [4.78, 5) is 23.1. The van der Waals surface area contributed by atoms with E-state index < -0.39 is 5.97 Å². The molecule has 0 aromatic rings. The van der Waals surface area contributed by atoms with Gasteiger partial charge in [0.2, 0.25) is 5.91 Å². The van der Waals surface area contributed by atoms with Crippen LogP contribution in [0.4, 0.5) is 0 Å². The molecule has 0 aromatic heterocycles. The lowest BCUT2D eigenvalue weighted by atomic mass is 10.4.